The molecule has 0 aromatic heterocycles. The lowest BCUT2D eigenvalue weighted by Gasteiger charge is -2.20. The minimum Gasteiger partial charge on any atom is -0.357 e. The lowest BCUT2D eigenvalue weighted by atomic mass is 10.2. The summed E-state index contributed by atoms with van der Waals surface area (Å²) >= 11 is 0. The Hall–Kier alpha value is -2.68. The number of aliphatic imine (C=N–C) groups is 1. The van der Waals surface area contributed by atoms with Crippen LogP contribution < -0.4 is 14.9 Å². The van der Waals surface area contributed by atoms with E-state index in [2.05, 4.69) is 15.6 Å². The second-order valence-electron chi connectivity index (χ2n) is 6.62. The van der Waals surface area contributed by atoms with Gasteiger partial charge >= 0.3 is 0 Å². The topological polar surface area (TPSA) is 73.8 Å². The minimum absolute atomic E-state index is 0.0643. The predicted octanol–water partition coefficient (Wildman–Crippen LogP) is 2.41. The Bertz CT molecular complexity index is 996. The Balaban J connectivity index is 1.61. The van der Waals surface area contributed by atoms with Crippen molar-refractivity contribution in [3.63, 3.8) is 0 Å². The summed E-state index contributed by atoms with van der Waals surface area (Å²) in [6.45, 7) is 2.92. The summed E-state index contributed by atoms with van der Waals surface area (Å²) in [5, 5.41) is 5.92. The van der Waals surface area contributed by atoms with E-state index < -0.39 is 21.7 Å². The van der Waals surface area contributed by atoms with E-state index in [4.69, 9.17) is 0 Å². The Morgan fingerprint density at radius 2 is 1.97 bits per heavy atom. The van der Waals surface area contributed by atoms with E-state index in [0.717, 1.165) is 29.4 Å². The molecule has 2 aromatic carbocycles. The molecule has 0 fully saturated rings. The molecule has 156 valence electrons. The molecule has 1 aliphatic heterocycles. The third kappa shape index (κ3) is 5.23. The van der Waals surface area contributed by atoms with E-state index in [-0.39, 0.29) is 24.4 Å². The van der Waals surface area contributed by atoms with Crippen LogP contribution >= 0.6 is 0 Å². The van der Waals surface area contributed by atoms with Crippen LogP contribution in [0.4, 0.5) is 14.5 Å². The maximum atomic E-state index is 13.7. The second kappa shape index (κ2) is 9.21. The van der Waals surface area contributed by atoms with Gasteiger partial charge in [0, 0.05) is 25.2 Å². The molecule has 0 radical (unpaired) electrons. The molecule has 0 saturated carbocycles. The number of nitrogens with zero attached hydrogens (tertiary/aromatic N) is 2. The molecule has 0 unspecified atom stereocenters. The lowest BCUT2D eigenvalue weighted by molar-refractivity contribution is 0.585. The number of anilines is 1. The molecule has 29 heavy (non-hydrogen) atoms. The standard InChI is InChI=1S/C20H24F2N4O2S/c1-2-23-20(25-14-16-13-17(21)7-8-18(16)22)24-10-12-29(27,28)26-11-9-15-5-3-4-6-19(15)26/h3-8,13H,2,9-12,14H2,1H3,(H2,23,24,25). The molecule has 9 heteroatoms. The van der Waals surface area contributed by atoms with Gasteiger partial charge in [-0.2, -0.15) is 0 Å². The normalized spacial score (nSPS) is 14.0. The van der Waals surface area contributed by atoms with E-state index in [1.54, 1.807) is 0 Å². The Morgan fingerprint density at radius 3 is 2.76 bits per heavy atom. The number of halogens is 2. The summed E-state index contributed by atoms with van der Waals surface area (Å²) in [6, 6.07) is 10.7. The smallest absolute Gasteiger partial charge is 0.236 e. The highest BCUT2D eigenvalue weighted by Crippen LogP contribution is 2.29. The largest absolute Gasteiger partial charge is 0.357 e. The van der Waals surface area contributed by atoms with Gasteiger partial charge in [0.2, 0.25) is 10.0 Å². The fourth-order valence-corrected chi connectivity index (χ4v) is 4.60. The zero-order valence-corrected chi connectivity index (χ0v) is 17.0. The quantitative estimate of drug-likeness (QED) is 0.531. The summed E-state index contributed by atoms with van der Waals surface area (Å²) in [5.41, 5.74) is 1.88. The molecule has 0 spiro atoms. The molecule has 0 atom stereocenters. The van der Waals surface area contributed by atoms with Crippen LogP contribution in [0.3, 0.4) is 0 Å². The van der Waals surface area contributed by atoms with Crippen LogP contribution in [0, 0.1) is 11.6 Å². The van der Waals surface area contributed by atoms with Crippen molar-refractivity contribution in [3.8, 4) is 0 Å². The number of nitrogens with one attached hydrogen (secondary N) is 2. The predicted molar refractivity (Wildman–Crippen MR) is 110 cm³/mol. The molecule has 2 N–H and O–H groups in total. The molecule has 0 bridgehead atoms. The minimum atomic E-state index is -3.48. The number of hydrogen-bond donors (Lipinski definition) is 2. The fourth-order valence-electron chi connectivity index (χ4n) is 3.18. The van der Waals surface area contributed by atoms with Crippen LogP contribution in [0.15, 0.2) is 47.5 Å². The molecule has 1 heterocycles. The first-order chi connectivity index (χ1) is 13.9. The Labute approximate surface area is 169 Å². The summed E-state index contributed by atoms with van der Waals surface area (Å²) in [4.78, 5) is 4.22. The van der Waals surface area contributed by atoms with Crippen LogP contribution in [0.2, 0.25) is 0 Å². The first-order valence-corrected chi connectivity index (χ1v) is 11.1. The van der Waals surface area contributed by atoms with Crippen molar-refractivity contribution < 1.29 is 17.2 Å². The SMILES string of the molecule is CCNC(=NCc1cc(F)ccc1F)NCCS(=O)(=O)N1CCc2ccccc21. The monoisotopic (exact) mass is 422 g/mol. The Morgan fingerprint density at radius 1 is 1.17 bits per heavy atom. The maximum Gasteiger partial charge on any atom is 0.236 e. The zero-order chi connectivity index (χ0) is 20.9. The van der Waals surface area contributed by atoms with Gasteiger partial charge in [-0.1, -0.05) is 18.2 Å². The average Bonchev–Trinajstić information content (AvgIpc) is 3.13. The summed E-state index contributed by atoms with van der Waals surface area (Å²) in [7, 11) is -3.48. The van der Waals surface area contributed by atoms with Gasteiger partial charge in [0.05, 0.1) is 18.0 Å². The van der Waals surface area contributed by atoms with E-state index in [9.17, 15) is 17.2 Å². The van der Waals surface area contributed by atoms with Crippen molar-refractivity contribution in [2.45, 2.75) is 19.9 Å². The van der Waals surface area contributed by atoms with Crippen LogP contribution in [0.5, 0.6) is 0 Å². The molecule has 0 aliphatic carbocycles. The van der Waals surface area contributed by atoms with Crippen molar-refractivity contribution in [1.82, 2.24) is 10.6 Å². The van der Waals surface area contributed by atoms with E-state index in [1.807, 2.05) is 31.2 Å². The molecule has 6 nitrogen and oxygen atoms in total. The lowest BCUT2D eigenvalue weighted by Crippen LogP contribution is -2.42. The van der Waals surface area contributed by atoms with Gasteiger partial charge in [-0.3, -0.25) is 4.31 Å². The van der Waals surface area contributed by atoms with Crippen molar-refractivity contribution >= 4 is 21.7 Å². The molecular weight excluding hydrogens is 398 g/mol. The van der Waals surface area contributed by atoms with E-state index in [0.29, 0.717) is 25.5 Å². The van der Waals surface area contributed by atoms with Crippen molar-refractivity contribution in [1.29, 1.82) is 0 Å². The fraction of sp³-hybridized carbons (Fsp3) is 0.350. The van der Waals surface area contributed by atoms with Gasteiger partial charge in [0.15, 0.2) is 5.96 Å². The van der Waals surface area contributed by atoms with Crippen LogP contribution in [-0.2, 0) is 23.0 Å². The molecule has 1 aliphatic rings. The van der Waals surface area contributed by atoms with Crippen molar-refractivity contribution in [3.05, 3.63) is 65.2 Å². The third-order valence-corrected chi connectivity index (χ3v) is 6.36. The van der Waals surface area contributed by atoms with Gasteiger partial charge in [-0.05, 0) is 43.2 Å². The zero-order valence-electron chi connectivity index (χ0n) is 16.2. The van der Waals surface area contributed by atoms with Gasteiger partial charge in [-0.25, -0.2) is 22.2 Å². The highest BCUT2D eigenvalue weighted by atomic mass is 32.2. The number of hydrogen-bond acceptors (Lipinski definition) is 3. The van der Waals surface area contributed by atoms with Gasteiger partial charge < -0.3 is 10.6 Å². The van der Waals surface area contributed by atoms with Gasteiger partial charge in [0.1, 0.15) is 11.6 Å². The van der Waals surface area contributed by atoms with Crippen LogP contribution in [0.25, 0.3) is 0 Å². The van der Waals surface area contributed by atoms with Crippen LogP contribution in [-0.4, -0.2) is 39.8 Å². The maximum absolute atomic E-state index is 13.7. The van der Waals surface area contributed by atoms with Crippen molar-refractivity contribution in [2.75, 3.05) is 29.7 Å². The average molecular weight is 423 g/mol. The number of sulfonamides is 1. The first kappa shape index (κ1) is 21.0. The molecule has 2 aromatic rings. The molecular formula is C20H24F2N4O2S. The number of benzene rings is 2. The van der Waals surface area contributed by atoms with E-state index >= 15 is 0 Å². The third-order valence-electron chi connectivity index (χ3n) is 4.59. The number of fused-ring (bicyclic) bond motifs is 1. The highest BCUT2D eigenvalue weighted by Gasteiger charge is 2.28. The summed E-state index contributed by atoms with van der Waals surface area (Å²) in [5.74, 6) is -0.846. The number of para-hydroxylation sites is 1. The molecule has 3 rings (SSSR count). The summed E-state index contributed by atoms with van der Waals surface area (Å²) < 4.78 is 53.9. The summed E-state index contributed by atoms with van der Waals surface area (Å²) in [6.07, 6.45) is 0.701. The highest BCUT2D eigenvalue weighted by molar-refractivity contribution is 7.92. The first-order valence-electron chi connectivity index (χ1n) is 9.45. The number of guanidine groups is 1. The second-order valence-corrected chi connectivity index (χ2v) is 8.64. The van der Waals surface area contributed by atoms with E-state index in [1.165, 1.54) is 4.31 Å². The molecule has 0 amide bonds. The Kier molecular flexibility index (Phi) is 6.68. The number of rotatable bonds is 7. The van der Waals surface area contributed by atoms with Gasteiger partial charge in [-0.15, -0.1) is 0 Å². The van der Waals surface area contributed by atoms with Gasteiger partial charge in [0.25, 0.3) is 0 Å². The molecule has 0 saturated heterocycles. The van der Waals surface area contributed by atoms with Crippen LogP contribution in [0.1, 0.15) is 18.1 Å². The van der Waals surface area contributed by atoms with Crippen molar-refractivity contribution in [2.24, 2.45) is 4.99 Å².